The second kappa shape index (κ2) is 3.43. The molecule has 0 spiro atoms. The fraction of sp³-hybridized carbons (Fsp3) is 0.200. The van der Waals surface area contributed by atoms with Gasteiger partial charge in [-0.25, -0.2) is 4.39 Å². The Bertz CT molecular complexity index is 142. The fourth-order valence-corrected chi connectivity index (χ4v) is 0.284. The minimum Gasteiger partial charge on any atom is -0.423 e. The van der Waals surface area contributed by atoms with Crippen LogP contribution < -0.4 is 0 Å². The summed E-state index contributed by atoms with van der Waals surface area (Å²) < 4.78 is 12.2. The first-order valence-electron chi connectivity index (χ1n) is 2.44. The minimum absolute atomic E-state index is 0.120. The van der Waals surface area contributed by atoms with E-state index < -0.39 is 12.9 Å². The summed E-state index contributed by atoms with van der Waals surface area (Å²) >= 11 is 0. The molecule has 0 aromatic carbocycles. The highest BCUT2D eigenvalue weighted by atomic mass is 19.1. The Labute approximate surface area is 53.5 Å². The average Bonchev–Trinajstić information content (AvgIpc) is 1.84. The van der Waals surface area contributed by atoms with Crippen LogP contribution in [0.15, 0.2) is 24.0 Å². The summed E-state index contributed by atoms with van der Waals surface area (Å²) in [5.74, 6) is -0.690. The van der Waals surface area contributed by atoms with E-state index >= 15 is 0 Å². The topological polar surface area (TPSA) is 40.5 Å². The van der Waals surface area contributed by atoms with Crippen molar-refractivity contribution in [2.24, 2.45) is 0 Å². The van der Waals surface area contributed by atoms with E-state index in [1.807, 2.05) is 0 Å². The van der Waals surface area contributed by atoms with Gasteiger partial charge in [0.1, 0.15) is 5.83 Å². The van der Waals surface area contributed by atoms with E-state index in [9.17, 15) is 4.39 Å². The Morgan fingerprint density at radius 1 is 1.67 bits per heavy atom. The predicted molar refractivity (Wildman–Crippen MR) is 34.2 cm³/mol. The van der Waals surface area contributed by atoms with Crippen molar-refractivity contribution in [3.05, 3.63) is 24.0 Å². The van der Waals surface area contributed by atoms with Gasteiger partial charge < -0.3 is 10.0 Å². The number of rotatable bonds is 2. The predicted octanol–water partition coefficient (Wildman–Crippen LogP) is 0.428. The summed E-state index contributed by atoms with van der Waals surface area (Å²) in [5.41, 5.74) is -0.120. The molecule has 0 atom stereocenters. The molecule has 0 saturated heterocycles. The lowest BCUT2D eigenvalue weighted by Gasteiger charge is -1.96. The van der Waals surface area contributed by atoms with E-state index in [1.54, 1.807) is 0 Å². The zero-order valence-electron chi connectivity index (χ0n) is 5.13. The molecule has 0 aliphatic heterocycles. The van der Waals surface area contributed by atoms with E-state index in [0.717, 1.165) is 6.08 Å². The summed E-state index contributed by atoms with van der Waals surface area (Å²) in [4.78, 5) is 0. The molecule has 50 valence electrons. The summed E-state index contributed by atoms with van der Waals surface area (Å²) in [6, 6.07) is 0. The fourth-order valence-electron chi connectivity index (χ4n) is 0.284. The maximum Gasteiger partial charge on any atom is 0.486 e. The van der Waals surface area contributed by atoms with Gasteiger partial charge in [0.25, 0.3) is 0 Å². The molecule has 0 saturated carbocycles. The highest BCUT2D eigenvalue weighted by Crippen LogP contribution is 2.06. The molecule has 2 nitrogen and oxygen atoms in total. The van der Waals surface area contributed by atoms with Crippen molar-refractivity contribution in [1.82, 2.24) is 0 Å². The third-order valence-corrected chi connectivity index (χ3v) is 0.943. The Morgan fingerprint density at radius 3 is 2.22 bits per heavy atom. The van der Waals surface area contributed by atoms with E-state index in [-0.39, 0.29) is 5.47 Å². The summed E-state index contributed by atoms with van der Waals surface area (Å²) in [6.07, 6.45) is 0.925. The van der Waals surface area contributed by atoms with Gasteiger partial charge >= 0.3 is 7.12 Å². The zero-order chi connectivity index (χ0) is 7.44. The highest BCUT2D eigenvalue weighted by Gasteiger charge is 2.12. The van der Waals surface area contributed by atoms with Crippen LogP contribution in [0.1, 0.15) is 6.92 Å². The molecule has 0 amide bonds. The van der Waals surface area contributed by atoms with Crippen molar-refractivity contribution in [2.45, 2.75) is 6.92 Å². The molecule has 0 radical (unpaired) electrons. The van der Waals surface area contributed by atoms with Gasteiger partial charge in [-0.15, -0.1) is 0 Å². The molecule has 0 aromatic rings. The summed E-state index contributed by atoms with van der Waals surface area (Å²) in [6.45, 7) is 4.39. The first kappa shape index (κ1) is 8.39. The van der Waals surface area contributed by atoms with Gasteiger partial charge in [-0.3, -0.25) is 0 Å². The van der Waals surface area contributed by atoms with Gasteiger partial charge in [-0.1, -0.05) is 6.58 Å². The molecule has 9 heavy (non-hydrogen) atoms. The van der Waals surface area contributed by atoms with Crippen molar-refractivity contribution >= 4 is 7.12 Å². The lowest BCUT2D eigenvalue weighted by molar-refractivity contribution is 0.416. The Hall–Kier alpha value is -0.605. The molecule has 4 heteroatoms. The highest BCUT2D eigenvalue weighted by molar-refractivity contribution is 6.50. The number of hydrogen-bond donors (Lipinski definition) is 2. The van der Waals surface area contributed by atoms with Crippen molar-refractivity contribution in [1.29, 1.82) is 0 Å². The molecule has 0 rings (SSSR count). The summed E-state index contributed by atoms with van der Waals surface area (Å²) in [5, 5.41) is 16.7. The molecular weight excluding hydrogens is 122 g/mol. The van der Waals surface area contributed by atoms with E-state index in [1.165, 1.54) is 6.92 Å². The van der Waals surface area contributed by atoms with Gasteiger partial charge in [0.15, 0.2) is 0 Å². The van der Waals surface area contributed by atoms with E-state index in [2.05, 4.69) is 6.58 Å². The second-order valence-corrected chi connectivity index (χ2v) is 1.61. The second-order valence-electron chi connectivity index (χ2n) is 1.61. The van der Waals surface area contributed by atoms with Crippen LogP contribution in [0, 0.1) is 0 Å². The van der Waals surface area contributed by atoms with Crippen LogP contribution in [0.4, 0.5) is 4.39 Å². The van der Waals surface area contributed by atoms with Gasteiger partial charge in [0, 0.05) is 0 Å². The van der Waals surface area contributed by atoms with Gasteiger partial charge in [0.2, 0.25) is 0 Å². The lowest BCUT2D eigenvalue weighted by Crippen LogP contribution is -2.13. The molecule has 0 bridgehead atoms. The van der Waals surface area contributed by atoms with Crippen LogP contribution >= 0.6 is 0 Å². The van der Waals surface area contributed by atoms with Crippen LogP contribution in [-0.2, 0) is 0 Å². The molecule has 0 unspecified atom stereocenters. The Balaban J connectivity index is 4.27. The van der Waals surface area contributed by atoms with Crippen molar-refractivity contribution < 1.29 is 14.4 Å². The number of halogens is 1. The SMILES string of the molecule is C=C/C(F)=C(\C)B(O)O. The standard InChI is InChI=1S/C5H8BFO2/c1-3-5(7)4(2)6(8)9/h3,8-9H,1H2,2H3/b5-4-. The molecular formula is C5H8BFO2. The van der Waals surface area contributed by atoms with Crippen LogP contribution in [0.3, 0.4) is 0 Å². The molecule has 0 aliphatic carbocycles. The molecule has 0 aliphatic rings. The van der Waals surface area contributed by atoms with Crippen LogP contribution in [-0.4, -0.2) is 17.2 Å². The van der Waals surface area contributed by atoms with Crippen LogP contribution in [0.25, 0.3) is 0 Å². The van der Waals surface area contributed by atoms with Crippen molar-refractivity contribution in [3.63, 3.8) is 0 Å². The van der Waals surface area contributed by atoms with Crippen molar-refractivity contribution in [3.8, 4) is 0 Å². The first-order chi connectivity index (χ1) is 4.09. The molecule has 2 N–H and O–H groups in total. The van der Waals surface area contributed by atoms with Crippen LogP contribution in [0.5, 0.6) is 0 Å². The largest absolute Gasteiger partial charge is 0.486 e. The van der Waals surface area contributed by atoms with Gasteiger partial charge in [-0.05, 0) is 18.5 Å². The van der Waals surface area contributed by atoms with Crippen molar-refractivity contribution in [2.75, 3.05) is 0 Å². The zero-order valence-corrected chi connectivity index (χ0v) is 5.13. The van der Waals surface area contributed by atoms with Gasteiger partial charge in [-0.2, -0.15) is 0 Å². The Kier molecular flexibility index (Phi) is 3.20. The minimum atomic E-state index is -1.72. The lowest BCUT2D eigenvalue weighted by atomic mass is 9.80. The molecule has 0 heterocycles. The maximum atomic E-state index is 12.2. The van der Waals surface area contributed by atoms with Crippen LogP contribution in [0.2, 0.25) is 0 Å². The maximum absolute atomic E-state index is 12.2. The summed E-state index contributed by atoms with van der Waals surface area (Å²) in [7, 11) is -1.72. The normalized spacial score (nSPS) is 12.4. The number of allylic oxidation sites excluding steroid dienone is 3. The monoisotopic (exact) mass is 130 g/mol. The Morgan fingerprint density at radius 2 is 2.11 bits per heavy atom. The average molecular weight is 130 g/mol. The van der Waals surface area contributed by atoms with Gasteiger partial charge in [0.05, 0.1) is 0 Å². The first-order valence-corrected chi connectivity index (χ1v) is 2.44. The smallest absolute Gasteiger partial charge is 0.423 e. The van der Waals surface area contributed by atoms with E-state index in [4.69, 9.17) is 10.0 Å². The third-order valence-electron chi connectivity index (χ3n) is 0.943. The quantitative estimate of drug-likeness (QED) is 0.420. The molecule has 0 aromatic heterocycles. The van der Waals surface area contributed by atoms with E-state index in [0.29, 0.717) is 0 Å². The molecule has 0 fully saturated rings. The number of hydrogen-bond acceptors (Lipinski definition) is 2. The third kappa shape index (κ3) is 2.44.